The number of hydrogen-bond donors (Lipinski definition) is 0. The number of benzene rings is 1. The van der Waals surface area contributed by atoms with Gasteiger partial charge in [-0.15, -0.1) is 0 Å². The molecule has 5 heteroatoms. The third-order valence-electron chi connectivity index (χ3n) is 4.61. The van der Waals surface area contributed by atoms with Crippen molar-refractivity contribution in [3.05, 3.63) is 29.8 Å². The number of unbranched alkanes of at least 4 members (excludes halogenated alkanes) is 1. The molecule has 0 spiro atoms. The molecule has 1 heterocycles. The molecule has 23 heavy (non-hydrogen) atoms. The van der Waals surface area contributed by atoms with Crippen LogP contribution in [0.15, 0.2) is 24.3 Å². The highest BCUT2D eigenvalue weighted by Gasteiger charge is 2.51. The third kappa shape index (κ3) is 4.36. The first kappa shape index (κ1) is 18.0. The Labute approximate surface area is 139 Å². The van der Waals surface area contributed by atoms with Gasteiger partial charge in [0.15, 0.2) is 0 Å². The second-order valence-corrected chi connectivity index (χ2v) is 7.08. The van der Waals surface area contributed by atoms with Crippen molar-refractivity contribution in [3.63, 3.8) is 0 Å². The molecule has 0 amide bonds. The van der Waals surface area contributed by atoms with Gasteiger partial charge in [-0.05, 0) is 45.1 Å². The van der Waals surface area contributed by atoms with Gasteiger partial charge in [0.25, 0.3) is 0 Å². The van der Waals surface area contributed by atoms with Crippen LogP contribution in [0, 0.1) is 0 Å². The van der Waals surface area contributed by atoms with E-state index in [9.17, 15) is 4.79 Å². The van der Waals surface area contributed by atoms with E-state index in [1.807, 2.05) is 52.0 Å². The number of ether oxygens (including phenoxy) is 1. The molecular formula is C18H27BO4. The van der Waals surface area contributed by atoms with Gasteiger partial charge in [-0.2, -0.15) is 0 Å². The normalized spacial score (nSPS) is 18.9. The van der Waals surface area contributed by atoms with E-state index < -0.39 is 0 Å². The van der Waals surface area contributed by atoms with Gasteiger partial charge < -0.3 is 14.0 Å². The first-order valence-electron chi connectivity index (χ1n) is 8.35. The van der Waals surface area contributed by atoms with E-state index in [0.29, 0.717) is 13.0 Å². The maximum absolute atomic E-state index is 11.7. The highest BCUT2D eigenvalue weighted by atomic mass is 16.7. The van der Waals surface area contributed by atoms with E-state index in [0.717, 1.165) is 23.9 Å². The molecule has 0 radical (unpaired) electrons. The SMILES string of the molecule is CCCCOC(=O)Cc1ccc(B2OC(C)(C)C(C)(C)O2)cc1. The number of esters is 1. The zero-order valence-electron chi connectivity index (χ0n) is 14.8. The van der Waals surface area contributed by atoms with Gasteiger partial charge >= 0.3 is 13.1 Å². The van der Waals surface area contributed by atoms with Crippen LogP contribution in [-0.2, 0) is 25.3 Å². The number of rotatable bonds is 6. The Morgan fingerprint density at radius 3 is 2.17 bits per heavy atom. The van der Waals surface area contributed by atoms with Crippen LogP contribution < -0.4 is 5.46 Å². The largest absolute Gasteiger partial charge is 0.494 e. The summed E-state index contributed by atoms with van der Waals surface area (Å²) in [5.74, 6) is -0.179. The van der Waals surface area contributed by atoms with Crippen molar-refractivity contribution >= 4 is 18.6 Å². The molecule has 0 N–H and O–H groups in total. The molecule has 0 atom stereocenters. The molecule has 1 aromatic rings. The summed E-state index contributed by atoms with van der Waals surface area (Å²) in [4.78, 5) is 11.7. The maximum Gasteiger partial charge on any atom is 0.494 e. The Morgan fingerprint density at radius 2 is 1.65 bits per heavy atom. The number of hydrogen-bond acceptors (Lipinski definition) is 4. The molecule has 1 fully saturated rings. The molecule has 0 aromatic heterocycles. The first-order chi connectivity index (χ1) is 10.7. The lowest BCUT2D eigenvalue weighted by molar-refractivity contribution is -0.142. The average Bonchev–Trinajstić information content (AvgIpc) is 2.68. The monoisotopic (exact) mass is 318 g/mol. The standard InChI is InChI=1S/C18H27BO4/c1-6-7-12-21-16(20)13-14-8-10-15(11-9-14)19-22-17(2,3)18(4,5)23-19/h8-11H,6-7,12-13H2,1-5H3. The summed E-state index contributed by atoms with van der Waals surface area (Å²) in [7, 11) is -0.370. The molecule has 2 rings (SSSR count). The molecule has 4 nitrogen and oxygen atoms in total. The lowest BCUT2D eigenvalue weighted by Crippen LogP contribution is -2.41. The maximum atomic E-state index is 11.7. The van der Waals surface area contributed by atoms with Crippen molar-refractivity contribution in [1.29, 1.82) is 0 Å². The smallest absolute Gasteiger partial charge is 0.465 e. The third-order valence-corrected chi connectivity index (χ3v) is 4.61. The summed E-state index contributed by atoms with van der Waals surface area (Å²) >= 11 is 0. The predicted octanol–water partition coefficient (Wildman–Crippen LogP) is 2.87. The van der Waals surface area contributed by atoms with Crippen LogP contribution >= 0.6 is 0 Å². The van der Waals surface area contributed by atoms with E-state index in [4.69, 9.17) is 14.0 Å². The van der Waals surface area contributed by atoms with Crippen LogP contribution in [0.2, 0.25) is 0 Å². The van der Waals surface area contributed by atoms with Gasteiger partial charge in [0.05, 0.1) is 24.2 Å². The van der Waals surface area contributed by atoms with Gasteiger partial charge in [0, 0.05) is 0 Å². The van der Waals surface area contributed by atoms with Crippen molar-refractivity contribution in [2.75, 3.05) is 6.61 Å². The van der Waals surface area contributed by atoms with Gasteiger partial charge in [0.2, 0.25) is 0 Å². The fourth-order valence-corrected chi connectivity index (χ4v) is 2.32. The van der Waals surface area contributed by atoms with Gasteiger partial charge in [-0.3, -0.25) is 4.79 Å². The first-order valence-corrected chi connectivity index (χ1v) is 8.35. The van der Waals surface area contributed by atoms with E-state index in [1.165, 1.54) is 0 Å². The second kappa shape index (κ2) is 7.06. The van der Waals surface area contributed by atoms with Crippen LogP contribution in [0.25, 0.3) is 0 Å². The Hall–Kier alpha value is -1.33. The Bertz CT molecular complexity index is 520. The van der Waals surface area contributed by atoms with Crippen molar-refractivity contribution < 1.29 is 18.8 Å². The number of carbonyl (C=O) groups excluding carboxylic acids is 1. The fourth-order valence-electron chi connectivity index (χ4n) is 2.32. The van der Waals surface area contributed by atoms with Gasteiger partial charge in [0.1, 0.15) is 0 Å². The average molecular weight is 318 g/mol. The van der Waals surface area contributed by atoms with Crippen LogP contribution in [0.1, 0.15) is 53.0 Å². The Kier molecular flexibility index (Phi) is 5.53. The minimum atomic E-state index is -0.370. The van der Waals surface area contributed by atoms with Crippen LogP contribution in [0.3, 0.4) is 0 Å². The lowest BCUT2D eigenvalue weighted by atomic mass is 9.79. The van der Waals surface area contributed by atoms with E-state index in [-0.39, 0.29) is 24.3 Å². The summed E-state index contributed by atoms with van der Waals surface area (Å²) in [6, 6.07) is 7.77. The van der Waals surface area contributed by atoms with Crippen molar-refractivity contribution in [2.24, 2.45) is 0 Å². The van der Waals surface area contributed by atoms with Gasteiger partial charge in [-0.1, -0.05) is 37.6 Å². The highest BCUT2D eigenvalue weighted by molar-refractivity contribution is 6.62. The minimum absolute atomic E-state index is 0.179. The summed E-state index contributed by atoms with van der Waals surface area (Å²) in [6.07, 6.45) is 2.23. The molecule has 1 aliphatic heterocycles. The highest BCUT2D eigenvalue weighted by Crippen LogP contribution is 2.36. The predicted molar refractivity (Wildman–Crippen MR) is 91.7 cm³/mol. The molecule has 0 aliphatic carbocycles. The zero-order valence-corrected chi connectivity index (χ0v) is 14.8. The molecule has 0 saturated carbocycles. The topological polar surface area (TPSA) is 44.8 Å². The summed E-state index contributed by atoms with van der Waals surface area (Å²) in [5, 5.41) is 0. The zero-order chi connectivity index (χ0) is 17.1. The Balaban J connectivity index is 1.94. The van der Waals surface area contributed by atoms with Crippen molar-refractivity contribution in [3.8, 4) is 0 Å². The van der Waals surface area contributed by atoms with E-state index >= 15 is 0 Å². The van der Waals surface area contributed by atoms with Crippen LogP contribution in [0.5, 0.6) is 0 Å². The van der Waals surface area contributed by atoms with Gasteiger partial charge in [-0.25, -0.2) is 0 Å². The molecular weight excluding hydrogens is 291 g/mol. The molecule has 1 saturated heterocycles. The van der Waals surface area contributed by atoms with E-state index in [2.05, 4.69) is 6.92 Å². The van der Waals surface area contributed by atoms with E-state index in [1.54, 1.807) is 0 Å². The minimum Gasteiger partial charge on any atom is -0.465 e. The molecule has 0 bridgehead atoms. The Morgan fingerprint density at radius 1 is 1.09 bits per heavy atom. The van der Waals surface area contributed by atoms with Crippen LogP contribution in [-0.4, -0.2) is 30.9 Å². The fraction of sp³-hybridized carbons (Fsp3) is 0.611. The summed E-state index contributed by atoms with van der Waals surface area (Å²) in [5.41, 5.74) is 1.21. The summed E-state index contributed by atoms with van der Waals surface area (Å²) in [6.45, 7) is 10.7. The number of carbonyl (C=O) groups is 1. The van der Waals surface area contributed by atoms with Crippen molar-refractivity contribution in [1.82, 2.24) is 0 Å². The summed E-state index contributed by atoms with van der Waals surface area (Å²) < 4.78 is 17.2. The second-order valence-electron chi connectivity index (χ2n) is 7.08. The molecule has 126 valence electrons. The molecule has 1 aliphatic rings. The molecule has 1 aromatic carbocycles. The van der Waals surface area contributed by atoms with Crippen LogP contribution in [0.4, 0.5) is 0 Å². The quantitative estimate of drug-likeness (QED) is 0.460. The molecule has 0 unspecified atom stereocenters. The van der Waals surface area contributed by atoms with Crippen molar-refractivity contribution in [2.45, 2.75) is 65.1 Å². The lowest BCUT2D eigenvalue weighted by Gasteiger charge is -2.32.